The molecule has 1 heterocycles. The Morgan fingerprint density at radius 1 is 0.920 bits per heavy atom. The summed E-state index contributed by atoms with van der Waals surface area (Å²) < 4.78 is 0. The van der Waals surface area contributed by atoms with Gasteiger partial charge in [0.05, 0.1) is 6.42 Å². The van der Waals surface area contributed by atoms with Gasteiger partial charge < -0.3 is 9.80 Å². The smallest absolute Gasteiger partial charge is 0.227 e. The molecule has 0 N–H and O–H groups in total. The lowest BCUT2D eigenvalue weighted by Crippen LogP contribution is -2.49. The molecule has 4 heteroatoms. The molecule has 0 bridgehead atoms. The topological polar surface area (TPSA) is 23.6 Å². The number of aryl methyl sites for hydroxylation is 3. The zero-order valence-corrected chi connectivity index (χ0v) is 15.9. The fourth-order valence-electron chi connectivity index (χ4n) is 3.32. The molecule has 2 aromatic carbocycles. The number of anilines is 1. The van der Waals surface area contributed by atoms with Gasteiger partial charge in [-0.15, -0.1) is 0 Å². The first-order valence-electron chi connectivity index (χ1n) is 8.79. The lowest BCUT2D eigenvalue weighted by atomic mass is 10.0. The third-order valence-corrected chi connectivity index (χ3v) is 5.31. The highest BCUT2D eigenvalue weighted by Gasteiger charge is 2.22. The summed E-state index contributed by atoms with van der Waals surface area (Å²) in [5.41, 5.74) is 6.00. The Morgan fingerprint density at radius 3 is 2.28 bits per heavy atom. The molecule has 1 saturated heterocycles. The van der Waals surface area contributed by atoms with E-state index < -0.39 is 0 Å². The Labute approximate surface area is 155 Å². The van der Waals surface area contributed by atoms with Crippen LogP contribution in [0.15, 0.2) is 36.4 Å². The van der Waals surface area contributed by atoms with Crippen molar-refractivity contribution >= 4 is 23.2 Å². The molecule has 0 unspecified atom stereocenters. The highest BCUT2D eigenvalue weighted by atomic mass is 35.5. The normalized spacial score (nSPS) is 14.7. The van der Waals surface area contributed by atoms with E-state index in [9.17, 15) is 4.79 Å². The molecule has 0 saturated carbocycles. The van der Waals surface area contributed by atoms with Gasteiger partial charge in [0.2, 0.25) is 5.91 Å². The molecule has 0 spiro atoms. The van der Waals surface area contributed by atoms with Crippen molar-refractivity contribution in [3.05, 3.63) is 63.7 Å². The molecule has 1 aliphatic heterocycles. The van der Waals surface area contributed by atoms with E-state index in [0.29, 0.717) is 6.42 Å². The molecule has 0 aromatic heterocycles. The average molecular weight is 357 g/mol. The number of piperazine rings is 1. The standard InChI is InChI=1S/C21H25ClN2O/c1-15-4-6-18(12-17(15)3)13-21(25)24-10-8-23(9-11-24)20-14-19(22)7-5-16(20)2/h4-7,12,14H,8-11,13H2,1-3H3. The summed E-state index contributed by atoms with van der Waals surface area (Å²) in [7, 11) is 0. The molecule has 0 aliphatic carbocycles. The summed E-state index contributed by atoms with van der Waals surface area (Å²) >= 11 is 6.14. The number of rotatable bonds is 3. The molecule has 0 atom stereocenters. The third kappa shape index (κ3) is 4.16. The fourth-order valence-corrected chi connectivity index (χ4v) is 3.49. The zero-order valence-electron chi connectivity index (χ0n) is 15.2. The van der Waals surface area contributed by atoms with Gasteiger partial charge in [0.15, 0.2) is 0 Å². The maximum absolute atomic E-state index is 12.6. The van der Waals surface area contributed by atoms with Gasteiger partial charge in [0.25, 0.3) is 0 Å². The Hall–Kier alpha value is -2.00. The van der Waals surface area contributed by atoms with E-state index in [1.165, 1.54) is 22.4 Å². The van der Waals surface area contributed by atoms with Gasteiger partial charge in [-0.1, -0.05) is 35.9 Å². The van der Waals surface area contributed by atoms with E-state index in [1.54, 1.807) is 0 Å². The first kappa shape index (κ1) is 17.8. The summed E-state index contributed by atoms with van der Waals surface area (Å²) in [5.74, 6) is 0.214. The van der Waals surface area contributed by atoms with Crippen molar-refractivity contribution in [1.82, 2.24) is 4.90 Å². The molecule has 1 aliphatic rings. The van der Waals surface area contributed by atoms with Crippen LogP contribution in [0.3, 0.4) is 0 Å². The van der Waals surface area contributed by atoms with E-state index >= 15 is 0 Å². The first-order valence-corrected chi connectivity index (χ1v) is 9.17. The molecule has 1 amide bonds. The van der Waals surface area contributed by atoms with Crippen molar-refractivity contribution in [3.8, 4) is 0 Å². The highest BCUT2D eigenvalue weighted by molar-refractivity contribution is 6.30. The van der Waals surface area contributed by atoms with Crippen LogP contribution in [0.1, 0.15) is 22.3 Å². The maximum Gasteiger partial charge on any atom is 0.227 e. The third-order valence-electron chi connectivity index (χ3n) is 5.07. The monoisotopic (exact) mass is 356 g/mol. The summed E-state index contributed by atoms with van der Waals surface area (Å²) in [5, 5.41) is 0.758. The lowest BCUT2D eigenvalue weighted by Gasteiger charge is -2.37. The number of amides is 1. The van der Waals surface area contributed by atoms with E-state index in [4.69, 9.17) is 11.6 Å². The Bertz CT molecular complexity index is 779. The van der Waals surface area contributed by atoms with Crippen LogP contribution in [0.4, 0.5) is 5.69 Å². The van der Waals surface area contributed by atoms with Crippen molar-refractivity contribution < 1.29 is 4.79 Å². The van der Waals surface area contributed by atoms with Crippen LogP contribution < -0.4 is 4.90 Å². The van der Waals surface area contributed by atoms with E-state index in [1.807, 2.05) is 17.0 Å². The van der Waals surface area contributed by atoms with Gasteiger partial charge in [-0.2, -0.15) is 0 Å². The molecule has 0 radical (unpaired) electrons. The minimum atomic E-state index is 0.214. The van der Waals surface area contributed by atoms with Gasteiger partial charge in [0.1, 0.15) is 0 Å². The highest BCUT2D eigenvalue weighted by Crippen LogP contribution is 2.25. The number of carbonyl (C=O) groups is 1. The Kier molecular flexibility index (Phi) is 5.33. The second-order valence-electron chi connectivity index (χ2n) is 6.89. The molecule has 25 heavy (non-hydrogen) atoms. The largest absolute Gasteiger partial charge is 0.368 e. The van der Waals surface area contributed by atoms with E-state index in [0.717, 1.165) is 36.8 Å². The lowest BCUT2D eigenvalue weighted by molar-refractivity contribution is -0.130. The second-order valence-corrected chi connectivity index (χ2v) is 7.33. The summed E-state index contributed by atoms with van der Waals surface area (Å²) in [6.45, 7) is 9.50. The molecule has 1 fully saturated rings. The predicted octanol–water partition coefficient (Wildman–Crippen LogP) is 4.16. The molecule has 3 rings (SSSR count). The Balaban J connectivity index is 1.60. The van der Waals surface area contributed by atoms with Gasteiger partial charge in [0, 0.05) is 36.9 Å². The molecular formula is C21H25ClN2O. The van der Waals surface area contributed by atoms with Crippen LogP contribution in [-0.4, -0.2) is 37.0 Å². The molecule has 132 valence electrons. The van der Waals surface area contributed by atoms with E-state index in [-0.39, 0.29) is 5.91 Å². The number of halogens is 1. The van der Waals surface area contributed by atoms with Crippen molar-refractivity contribution in [2.75, 3.05) is 31.1 Å². The number of hydrogen-bond acceptors (Lipinski definition) is 2. The minimum Gasteiger partial charge on any atom is -0.368 e. The van der Waals surface area contributed by atoms with Crippen molar-refractivity contribution in [2.24, 2.45) is 0 Å². The molecular weight excluding hydrogens is 332 g/mol. The molecule has 2 aromatic rings. The second kappa shape index (κ2) is 7.49. The van der Waals surface area contributed by atoms with Crippen LogP contribution in [0, 0.1) is 20.8 Å². The zero-order chi connectivity index (χ0) is 18.0. The number of hydrogen-bond donors (Lipinski definition) is 0. The van der Waals surface area contributed by atoms with Crippen molar-refractivity contribution in [2.45, 2.75) is 27.2 Å². The first-order chi connectivity index (χ1) is 11.9. The van der Waals surface area contributed by atoms with Crippen molar-refractivity contribution in [1.29, 1.82) is 0 Å². The summed E-state index contributed by atoms with van der Waals surface area (Å²) in [4.78, 5) is 16.9. The van der Waals surface area contributed by atoms with Crippen LogP contribution >= 0.6 is 11.6 Å². The number of carbonyl (C=O) groups excluding carboxylic acids is 1. The predicted molar refractivity (Wildman–Crippen MR) is 105 cm³/mol. The number of benzene rings is 2. The van der Waals surface area contributed by atoms with Crippen LogP contribution in [0.25, 0.3) is 0 Å². The molecule has 3 nitrogen and oxygen atoms in total. The summed E-state index contributed by atoms with van der Waals surface area (Å²) in [6, 6.07) is 12.3. The number of nitrogens with zero attached hydrogens (tertiary/aromatic N) is 2. The van der Waals surface area contributed by atoms with Crippen molar-refractivity contribution in [3.63, 3.8) is 0 Å². The average Bonchev–Trinajstić information content (AvgIpc) is 2.60. The van der Waals surface area contributed by atoms with Crippen LogP contribution in [0.5, 0.6) is 0 Å². The summed E-state index contributed by atoms with van der Waals surface area (Å²) in [6.07, 6.45) is 0.483. The SMILES string of the molecule is Cc1ccc(CC(=O)N2CCN(c3cc(Cl)ccc3C)CC2)cc1C. The van der Waals surface area contributed by atoms with Gasteiger partial charge >= 0.3 is 0 Å². The quantitative estimate of drug-likeness (QED) is 0.824. The maximum atomic E-state index is 12.6. The minimum absolute atomic E-state index is 0.214. The van der Waals surface area contributed by atoms with Gasteiger partial charge in [-0.25, -0.2) is 0 Å². The van der Waals surface area contributed by atoms with Gasteiger partial charge in [-0.05, 0) is 55.2 Å². The van der Waals surface area contributed by atoms with Crippen LogP contribution in [-0.2, 0) is 11.2 Å². The van der Waals surface area contributed by atoms with E-state index in [2.05, 4.69) is 49.9 Å². The van der Waals surface area contributed by atoms with Crippen LogP contribution in [0.2, 0.25) is 5.02 Å². The Morgan fingerprint density at radius 2 is 1.60 bits per heavy atom. The van der Waals surface area contributed by atoms with Gasteiger partial charge in [-0.3, -0.25) is 4.79 Å². The fraction of sp³-hybridized carbons (Fsp3) is 0.381.